The fourth-order valence-electron chi connectivity index (χ4n) is 6.34. The predicted molar refractivity (Wildman–Crippen MR) is 139 cm³/mol. The summed E-state index contributed by atoms with van der Waals surface area (Å²) < 4.78 is 0. The molecule has 1 aromatic rings. The van der Waals surface area contributed by atoms with Crippen LogP contribution < -0.4 is 10.6 Å². The van der Waals surface area contributed by atoms with Gasteiger partial charge < -0.3 is 20.6 Å². The van der Waals surface area contributed by atoms with Crippen LogP contribution in [-0.2, 0) is 15.2 Å². The van der Waals surface area contributed by atoms with Crippen molar-refractivity contribution in [2.45, 2.75) is 82.4 Å². The normalized spacial score (nSPS) is 33.3. The number of hydrogen-bond acceptors (Lipinski definition) is 4. The molecule has 3 fully saturated rings. The quantitative estimate of drug-likeness (QED) is 0.508. The molecule has 194 valence electrons. The first kappa shape index (κ1) is 26.7. The van der Waals surface area contributed by atoms with Gasteiger partial charge in [0.2, 0.25) is 11.8 Å². The minimum absolute atomic E-state index is 0.0330. The van der Waals surface area contributed by atoms with Gasteiger partial charge in [0, 0.05) is 46.9 Å². The van der Waals surface area contributed by atoms with Gasteiger partial charge in [0.1, 0.15) is 6.04 Å². The average molecular weight is 525 g/mol. The number of carbonyl (C=O) groups is 2. The number of halogens is 2. The van der Waals surface area contributed by atoms with E-state index in [1.807, 2.05) is 44.7 Å². The van der Waals surface area contributed by atoms with Crippen molar-refractivity contribution in [2.24, 2.45) is 17.3 Å². The third-order valence-electron chi connectivity index (χ3n) is 8.60. The average Bonchev–Trinajstić information content (AvgIpc) is 3.38. The molecule has 3 aliphatic rings. The molecule has 2 heterocycles. The Balaban J connectivity index is 1.42. The SMILES string of the molecule is CC(C)C(NC(=O)[C@@H]1CCC2(CC(Cl)CN2)C1)C(=O)N1CCC(O)(c2ccc(Cl)cc2)C(C)(C)C1. The molecule has 6 nitrogen and oxygen atoms in total. The highest BCUT2D eigenvalue weighted by atomic mass is 35.5. The number of aliphatic hydroxyl groups is 1. The maximum Gasteiger partial charge on any atom is 0.245 e. The van der Waals surface area contributed by atoms with Crippen LogP contribution in [0.25, 0.3) is 0 Å². The van der Waals surface area contributed by atoms with Crippen LogP contribution in [0.15, 0.2) is 24.3 Å². The molecule has 4 rings (SSSR count). The third-order valence-corrected chi connectivity index (χ3v) is 9.16. The molecular formula is C27H39Cl2N3O3. The molecule has 35 heavy (non-hydrogen) atoms. The second-order valence-electron chi connectivity index (χ2n) is 11.9. The van der Waals surface area contributed by atoms with Gasteiger partial charge in [-0.15, -0.1) is 11.6 Å². The Kier molecular flexibility index (Phi) is 7.52. The molecule has 8 heteroatoms. The highest BCUT2D eigenvalue weighted by molar-refractivity contribution is 6.30. The third kappa shape index (κ3) is 5.22. The van der Waals surface area contributed by atoms with Crippen molar-refractivity contribution in [1.29, 1.82) is 0 Å². The summed E-state index contributed by atoms with van der Waals surface area (Å²) >= 11 is 12.4. The summed E-state index contributed by atoms with van der Waals surface area (Å²) in [4.78, 5) is 28.7. The van der Waals surface area contributed by atoms with Crippen molar-refractivity contribution < 1.29 is 14.7 Å². The van der Waals surface area contributed by atoms with Gasteiger partial charge in [-0.1, -0.05) is 51.4 Å². The molecule has 1 spiro atoms. The first-order valence-electron chi connectivity index (χ1n) is 12.8. The molecule has 2 saturated heterocycles. The highest BCUT2D eigenvalue weighted by Crippen LogP contribution is 2.46. The molecule has 1 saturated carbocycles. The van der Waals surface area contributed by atoms with E-state index in [4.69, 9.17) is 23.2 Å². The monoisotopic (exact) mass is 523 g/mol. The Morgan fingerprint density at radius 3 is 2.43 bits per heavy atom. The Morgan fingerprint density at radius 1 is 1.17 bits per heavy atom. The lowest BCUT2D eigenvalue weighted by Gasteiger charge is -2.51. The summed E-state index contributed by atoms with van der Waals surface area (Å²) in [6.45, 7) is 9.52. The zero-order valence-corrected chi connectivity index (χ0v) is 22.8. The van der Waals surface area contributed by atoms with Gasteiger partial charge in [-0.3, -0.25) is 9.59 Å². The van der Waals surface area contributed by atoms with Gasteiger partial charge >= 0.3 is 0 Å². The molecule has 3 N–H and O–H groups in total. The maximum atomic E-state index is 13.6. The lowest BCUT2D eigenvalue weighted by Crippen LogP contribution is -2.60. The maximum absolute atomic E-state index is 13.6. The Bertz CT molecular complexity index is 953. The summed E-state index contributed by atoms with van der Waals surface area (Å²) in [6.07, 6.45) is 3.84. The molecule has 0 radical (unpaired) electrons. The Hall–Kier alpha value is -1.34. The summed E-state index contributed by atoms with van der Waals surface area (Å²) in [7, 11) is 0. The number of nitrogens with zero attached hydrogens (tertiary/aromatic N) is 1. The summed E-state index contributed by atoms with van der Waals surface area (Å²) in [5.41, 5.74) is -0.876. The lowest BCUT2D eigenvalue weighted by atomic mass is 9.66. The zero-order chi connectivity index (χ0) is 25.6. The lowest BCUT2D eigenvalue weighted by molar-refractivity contribution is -0.157. The van der Waals surface area contributed by atoms with Gasteiger partial charge in [0.15, 0.2) is 0 Å². The van der Waals surface area contributed by atoms with Gasteiger partial charge in [0.05, 0.1) is 5.60 Å². The van der Waals surface area contributed by atoms with Crippen LogP contribution in [0.4, 0.5) is 0 Å². The second-order valence-corrected chi connectivity index (χ2v) is 12.9. The van der Waals surface area contributed by atoms with E-state index in [0.29, 0.717) is 24.5 Å². The van der Waals surface area contributed by atoms with Gasteiger partial charge in [-0.2, -0.15) is 0 Å². The molecule has 5 atom stereocenters. The number of nitrogens with one attached hydrogen (secondary N) is 2. The van der Waals surface area contributed by atoms with Crippen LogP contribution in [0.5, 0.6) is 0 Å². The van der Waals surface area contributed by atoms with Gasteiger partial charge in [0.25, 0.3) is 0 Å². The number of carbonyl (C=O) groups excluding carboxylic acids is 2. The number of benzene rings is 1. The summed E-state index contributed by atoms with van der Waals surface area (Å²) in [5.74, 6) is -0.264. The number of alkyl halides is 1. The molecule has 0 bridgehead atoms. The molecule has 1 aromatic carbocycles. The number of likely N-dealkylation sites (tertiary alicyclic amines) is 1. The van der Waals surface area contributed by atoms with Crippen molar-refractivity contribution in [3.8, 4) is 0 Å². The van der Waals surface area contributed by atoms with E-state index in [1.54, 1.807) is 12.1 Å². The molecule has 1 aliphatic carbocycles. The smallest absolute Gasteiger partial charge is 0.245 e. The van der Waals surface area contributed by atoms with Crippen molar-refractivity contribution in [2.75, 3.05) is 19.6 Å². The van der Waals surface area contributed by atoms with Gasteiger partial charge in [-0.25, -0.2) is 0 Å². The molecule has 2 aliphatic heterocycles. The van der Waals surface area contributed by atoms with Crippen LogP contribution >= 0.6 is 23.2 Å². The molecular weight excluding hydrogens is 485 g/mol. The summed E-state index contributed by atoms with van der Waals surface area (Å²) in [5, 5.41) is 19.0. The van der Waals surface area contributed by atoms with E-state index in [-0.39, 0.29) is 34.6 Å². The number of piperidine rings is 1. The highest BCUT2D eigenvalue weighted by Gasteiger charge is 2.51. The summed E-state index contributed by atoms with van der Waals surface area (Å²) in [6, 6.07) is 6.70. The van der Waals surface area contributed by atoms with E-state index >= 15 is 0 Å². The molecule has 4 unspecified atom stereocenters. The van der Waals surface area contributed by atoms with E-state index in [9.17, 15) is 14.7 Å². The largest absolute Gasteiger partial charge is 0.384 e. The van der Waals surface area contributed by atoms with E-state index in [1.165, 1.54) is 0 Å². The van der Waals surface area contributed by atoms with Crippen LogP contribution in [0.1, 0.15) is 65.4 Å². The van der Waals surface area contributed by atoms with Crippen molar-refractivity contribution in [3.63, 3.8) is 0 Å². The van der Waals surface area contributed by atoms with E-state index in [0.717, 1.165) is 37.8 Å². The first-order valence-corrected chi connectivity index (χ1v) is 13.6. The second kappa shape index (κ2) is 9.85. The van der Waals surface area contributed by atoms with Gasteiger partial charge in [-0.05, 0) is 55.7 Å². The van der Waals surface area contributed by atoms with Crippen molar-refractivity contribution in [3.05, 3.63) is 34.9 Å². The fraction of sp³-hybridized carbons (Fsp3) is 0.704. The fourth-order valence-corrected chi connectivity index (χ4v) is 6.84. The van der Waals surface area contributed by atoms with E-state index < -0.39 is 17.1 Å². The molecule has 0 aromatic heterocycles. The molecule has 2 amide bonds. The number of rotatable bonds is 5. The van der Waals surface area contributed by atoms with Crippen LogP contribution in [0, 0.1) is 17.3 Å². The Morgan fingerprint density at radius 2 is 1.86 bits per heavy atom. The predicted octanol–water partition coefficient (Wildman–Crippen LogP) is 4.07. The Labute approximate surface area is 219 Å². The van der Waals surface area contributed by atoms with Crippen LogP contribution in [0.3, 0.4) is 0 Å². The van der Waals surface area contributed by atoms with Crippen LogP contribution in [0.2, 0.25) is 5.02 Å². The number of hydrogen-bond donors (Lipinski definition) is 3. The first-order chi connectivity index (χ1) is 16.4. The minimum Gasteiger partial charge on any atom is -0.384 e. The van der Waals surface area contributed by atoms with Crippen molar-refractivity contribution >= 4 is 35.0 Å². The minimum atomic E-state index is -1.07. The number of amides is 2. The van der Waals surface area contributed by atoms with E-state index in [2.05, 4.69) is 10.6 Å². The topological polar surface area (TPSA) is 81.7 Å². The van der Waals surface area contributed by atoms with Crippen LogP contribution in [-0.4, -0.2) is 58.4 Å². The standard InChI is InChI=1S/C27H39Cl2N3O3/c1-17(2)22(31-23(33)18-9-10-26(13-18)14-21(29)15-30-26)24(34)32-12-11-27(35,25(3,4)16-32)19-5-7-20(28)8-6-19/h5-8,17-18,21-22,30,35H,9-16H2,1-4H3,(H,31,33)/t18-,21?,22?,26?,27?/m1/s1. The van der Waals surface area contributed by atoms with Crippen molar-refractivity contribution in [1.82, 2.24) is 15.5 Å². The zero-order valence-electron chi connectivity index (χ0n) is 21.2.